The summed E-state index contributed by atoms with van der Waals surface area (Å²) in [4.78, 5) is 47.1. The Hall–Kier alpha value is -3.68. The van der Waals surface area contributed by atoms with Crippen LogP contribution >= 0.6 is 0 Å². The lowest BCUT2D eigenvalue weighted by atomic mass is 10.2. The van der Waals surface area contributed by atoms with Crippen LogP contribution in [0.25, 0.3) is 0 Å². The van der Waals surface area contributed by atoms with Crippen molar-refractivity contribution in [2.75, 3.05) is 24.3 Å². The molecular weight excluding hydrogens is 338 g/mol. The first-order chi connectivity index (χ1) is 12.5. The molecule has 0 fully saturated rings. The molecule has 3 amide bonds. The van der Waals surface area contributed by atoms with Gasteiger partial charge in [-0.25, -0.2) is 4.79 Å². The molecule has 0 saturated carbocycles. The molecule has 0 heterocycles. The smallest absolute Gasteiger partial charge is 0.339 e. The fourth-order valence-corrected chi connectivity index (χ4v) is 2.02. The molecule has 2 aromatic carbocycles. The van der Waals surface area contributed by atoms with Crippen molar-refractivity contribution in [3.63, 3.8) is 0 Å². The molecule has 0 aliphatic rings. The van der Waals surface area contributed by atoms with Gasteiger partial charge in [0, 0.05) is 5.69 Å². The highest BCUT2D eigenvalue weighted by molar-refractivity contribution is 6.39. The topological polar surface area (TPSA) is 114 Å². The first-order valence-electron chi connectivity index (χ1n) is 7.62. The van der Waals surface area contributed by atoms with Crippen LogP contribution in [0.15, 0.2) is 54.6 Å². The van der Waals surface area contributed by atoms with Crippen molar-refractivity contribution in [1.29, 1.82) is 0 Å². The lowest BCUT2D eigenvalue weighted by Crippen LogP contribution is -2.39. The standard InChI is InChI=1S/C18H17N3O5/c1-26-18(25)13-9-5-6-10-14(13)21-15(22)11-19-16(23)17(24)20-12-7-3-2-4-8-12/h2-10H,11H2,1H3,(H,19,23)(H,20,24)(H,21,22). The lowest BCUT2D eigenvalue weighted by Gasteiger charge is -2.10. The van der Waals surface area contributed by atoms with Gasteiger partial charge in [0.15, 0.2) is 0 Å². The number of ether oxygens (including phenoxy) is 1. The SMILES string of the molecule is COC(=O)c1ccccc1NC(=O)CNC(=O)C(=O)Nc1ccccc1. The number of carbonyl (C=O) groups excluding carboxylic acids is 4. The molecule has 0 aliphatic heterocycles. The quantitative estimate of drug-likeness (QED) is 0.550. The Morgan fingerprint density at radius 3 is 2.19 bits per heavy atom. The van der Waals surface area contributed by atoms with Crippen LogP contribution in [-0.4, -0.2) is 37.3 Å². The van der Waals surface area contributed by atoms with Crippen LogP contribution in [-0.2, 0) is 19.1 Å². The Morgan fingerprint density at radius 1 is 0.846 bits per heavy atom. The number of para-hydroxylation sites is 2. The molecule has 0 aromatic heterocycles. The van der Waals surface area contributed by atoms with Gasteiger partial charge in [-0.1, -0.05) is 30.3 Å². The summed E-state index contributed by atoms with van der Waals surface area (Å²) in [5.74, 6) is -3.04. The highest BCUT2D eigenvalue weighted by Crippen LogP contribution is 2.15. The maximum atomic E-state index is 12.0. The second kappa shape index (κ2) is 8.97. The fourth-order valence-electron chi connectivity index (χ4n) is 2.02. The lowest BCUT2D eigenvalue weighted by molar-refractivity contribution is -0.136. The fraction of sp³-hybridized carbons (Fsp3) is 0.111. The van der Waals surface area contributed by atoms with Gasteiger partial charge >= 0.3 is 17.8 Å². The summed E-state index contributed by atoms with van der Waals surface area (Å²) in [5.41, 5.74) is 0.882. The number of rotatable bonds is 5. The maximum absolute atomic E-state index is 12.0. The number of benzene rings is 2. The Kier molecular flexibility index (Phi) is 6.44. The second-order valence-electron chi connectivity index (χ2n) is 5.09. The molecule has 2 rings (SSSR count). The van der Waals surface area contributed by atoms with Crippen molar-refractivity contribution >= 4 is 35.1 Å². The van der Waals surface area contributed by atoms with Crippen molar-refractivity contribution in [3.8, 4) is 0 Å². The molecule has 3 N–H and O–H groups in total. The monoisotopic (exact) mass is 355 g/mol. The first kappa shape index (κ1) is 18.7. The van der Waals surface area contributed by atoms with Crippen LogP contribution in [0.4, 0.5) is 11.4 Å². The number of hydrogen-bond donors (Lipinski definition) is 3. The molecule has 0 aliphatic carbocycles. The minimum atomic E-state index is -0.953. The van der Waals surface area contributed by atoms with E-state index in [1.807, 2.05) is 0 Å². The summed E-state index contributed by atoms with van der Waals surface area (Å²) in [6.45, 7) is -0.434. The number of nitrogens with one attached hydrogen (secondary N) is 3. The van der Waals surface area contributed by atoms with Crippen LogP contribution < -0.4 is 16.0 Å². The number of carbonyl (C=O) groups is 4. The normalized spacial score (nSPS) is 9.73. The molecule has 0 radical (unpaired) electrons. The molecule has 0 bridgehead atoms. The van der Waals surface area contributed by atoms with Crippen molar-refractivity contribution < 1.29 is 23.9 Å². The molecule has 134 valence electrons. The molecular formula is C18H17N3O5. The number of amides is 3. The zero-order valence-corrected chi connectivity index (χ0v) is 13.9. The molecule has 0 unspecified atom stereocenters. The van der Waals surface area contributed by atoms with E-state index >= 15 is 0 Å². The van der Waals surface area contributed by atoms with E-state index in [1.165, 1.54) is 19.2 Å². The summed E-state index contributed by atoms with van der Waals surface area (Å²) in [6.07, 6.45) is 0. The largest absolute Gasteiger partial charge is 0.465 e. The summed E-state index contributed by atoms with van der Waals surface area (Å²) >= 11 is 0. The van der Waals surface area contributed by atoms with Crippen LogP contribution in [0.2, 0.25) is 0 Å². The molecule has 0 spiro atoms. The van der Waals surface area contributed by atoms with Crippen LogP contribution in [0.3, 0.4) is 0 Å². The minimum Gasteiger partial charge on any atom is -0.465 e. The zero-order valence-electron chi connectivity index (χ0n) is 13.9. The molecule has 0 atom stereocenters. The number of methoxy groups -OCH3 is 1. The Bertz CT molecular complexity index is 821. The molecule has 0 saturated heterocycles. The average Bonchev–Trinajstić information content (AvgIpc) is 2.66. The maximum Gasteiger partial charge on any atom is 0.339 e. The van der Waals surface area contributed by atoms with Crippen molar-refractivity contribution in [3.05, 3.63) is 60.2 Å². The summed E-state index contributed by atoms with van der Waals surface area (Å²) in [6, 6.07) is 14.7. The molecule has 8 nitrogen and oxygen atoms in total. The van der Waals surface area contributed by atoms with Gasteiger partial charge in [-0.2, -0.15) is 0 Å². The van der Waals surface area contributed by atoms with Crippen molar-refractivity contribution in [2.24, 2.45) is 0 Å². The van der Waals surface area contributed by atoms with Gasteiger partial charge in [0.05, 0.1) is 24.9 Å². The van der Waals surface area contributed by atoms with E-state index < -0.39 is 30.2 Å². The minimum absolute atomic E-state index is 0.177. The van der Waals surface area contributed by atoms with Crippen LogP contribution in [0, 0.1) is 0 Å². The summed E-state index contributed by atoms with van der Waals surface area (Å²) in [7, 11) is 1.23. The molecule has 8 heteroatoms. The van der Waals surface area contributed by atoms with Crippen molar-refractivity contribution in [1.82, 2.24) is 5.32 Å². The number of esters is 1. The second-order valence-corrected chi connectivity index (χ2v) is 5.09. The van der Waals surface area contributed by atoms with Gasteiger partial charge in [-0.15, -0.1) is 0 Å². The van der Waals surface area contributed by atoms with E-state index in [9.17, 15) is 19.2 Å². The average molecular weight is 355 g/mol. The first-order valence-corrected chi connectivity index (χ1v) is 7.62. The van der Waals surface area contributed by atoms with Gasteiger partial charge in [-0.3, -0.25) is 14.4 Å². The van der Waals surface area contributed by atoms with Crippen LogP contribution in [0.1, 0.15) is 10.4 Å². The summed E-state index contributed by atoms with van der Waals surface area (Å²) in [5, 5.41) is 7.09. The van der Waals surface area contributed by atoms with Gasteiger partial charge in [-0.05, 0) is 24.3 Å². The highest BCUT2D eigenvalue weighted by Gasteiger charge is 2.16. The summed E-state index contributed by atoms with van der Waals surface area (Å²) < 4.78 is 4.63. The van der Waals surface area contributed by atoms with Crippen molar-refractivity contribution in [2.45, 2.75) is 0 Å². The van der Waals surface area contributed by atoms with Gasteiger partial charge in [0.25, 0.3) is 0 Å². The van der Waals surface area contributed by atoms with Gasteiger partial charge < -0.3 is 20.7 Å². The van der Waals surface area contributed by atoms with E-state index in [0.29, 0.717) is 5.69 Å². The van der Waals surface area contributed by atoms with E-state index in [4.69, 9.17) is 0 Å². The van der Waals surface area contributed by atoms with Crippen LogP contribution in [0.5, 0.6) is 0 Å². The van der Waals surface area contributed by atoms with E-state index in [1.54, 1.807) is 42.5 Å². The van der Waals surface area contributed by atoms with E-state index in [-0.39, 0.29) is 11.3 Å². The number of anilines is 2. The zero-order chi connectivity index (χ0) is 18.9. The molecule has 2 aromatic rings. The Balaban J connectivity index is 1.88. The third kappa shape index (κ3) is 5.17. The van der Waals surface area contributed by atoms with E-state index in [2.05, 4.69) is 20.7 Å². The molecule has 26 heavy (non-hydrogen) atoms. The van der Waals surface area contributed by atoms with Gasteiger partial charge in [0.2, 0.25) is 5.91 Å². The predicted molar refractivity (Wildman–Crippen MR) is 94.5 cm³/mol. The third-order valence-electron chi connectivity index (χ3n) is 3.25. The predicted octanol–water partition coefficient (Wildman–Crippen LogP) is 1.17. The number of hydrogen-bond acceptors (Lipinski definition) is 5. The third-order valence-corrected chi connectivity index (χ3v) is 3.25. The van der Waals surface area contributed by atoms with E-state index in [0.717, 1.165) is 0 Å². The van der Waals surface area contributed by atoms with Gasteiger partial charge in [0.1, 0.15) is 0 Å². The highest BCUT2D eigenvalue weighted by atomic mass is 16.5. The Morgan fingerprint density at radius 2 is 1.50 bits per heavy atom. The Labute approximate surface area is 149 Å².